The number of aromatic nitrogens is 2. The Bertz CT molecular complexity index is 734. The number of hydrogen-bond donors (Lipinski definition) is 3. The van der Waals surface area contributed by atoms with Crippen molar-refractivity contribution < 1.29 is 14.6 Å². The molecular weight excluding hydrogens is 437 g/mol. The molecule has 3 rings (SSSR count). The summed E-state index contributed by atoms with van der Waals surface area (Å²) in [6.45, 7) is 1.11. The molecule has 1 aliphatic rings. The standard InChI is InChI=1S/C16H21N5O3.HI/c1-17-16(19-8-13(22)12-7-20-21(2)9-12)18-6-11-4-3-5-14-15(11)24-10-23-14;/h3-5,7,9,13,22H,6,8,10H2,1-2H3,(H2,17,18,19);1H. The summed E-state index contributed by atoms with van der Waals surface area (Å²) in [5.41, 5.74) is 1.74. The molecule has 3 N–H and O–H groups in total. The van der Waals surface area contributed by atoms with Gasteiger partial charge in [-0.1, -0.05) is 12.1 Å². The number of ether oxygens (including phenoxy) is 2. The van der Waals surface area contributed by atoms with Gasteiger partial charge in [-0.25, -0.2) is 0 Å². The van der Waals surface area contributed by atoms with E-state index in [4.69, 9.17) is 9.47 Å². The van der Waals surface area contributed by atoms with Gasteiger partial charge in [0, 0.05) is 44.5 Å². The maximum absolute atomic E-state index is 10.2. The molecule has 1 aliphatic heterocycles. The molecule has 2 aromatic rings. The molecule has 1 aromatic carbocycles. The van der Waals surface area contributed by atoms with Crippen LogP contribution in [0.15, 0.2) is 35.6 Å². The van der Waals surface area contributed by atoms with E-state index in [0.29, 0.717) is 19.0 Å². The van der Waals surface area contributed by atoms with Gasteiger partial charge in [-0.2, -0.15) is 5.10 Å². The Morgan fingerprint density at radius 1 is 1.40 bits per heavy atom. The summed E-state index contributed by atoms with van der Waals surface area (Å²) >= 11 is 0. The number of benzene rings is 1. The van der Waals surface area contributed by atoms with E-state index >= 15 is 0 Å². The molecule has 0 bridgehead atoms. The number of nitrogens with zero attached hydrogens (tertiary/aromatic N) is 3. The molecular formula is C16H22IN5O3. The molecule has 0 amide bonds. The fourth-order valence-corrected chi connectivity index (χ4v) is 2.45. The third-order valence-corrected chi connectivity index (χ3v) is 3.72. The lowest BCUT2D eigenvalue weighted by atomic mass is 10.2. The van der Waals surface area contributed by atoms with Crippen molar-refractivity contribution in [3.8, 4) is 11.5 Å². The van der Waals surface area contributed by atoms with E-state index in [9.17, 15) is 5.11 Å². The summed E-state index contributed by atoms with van der Waals surface area (Å²) in [5, 5.41) is 20.5. The number of hydrogen-bond acceptors (Lipinski definition) is 5. The number of para-hydroxylation sites is 1. The van der Waals surface area contributed by atoms with E-state index in [1.807, 2.05) is 25.2 Å². The third kappa shape index (κ3) is 4.75. The first kappa shape index (κ1) is 19.3. The van der Waals surface area contributed by atoms with Crippen LogP contribution in [0, 0.1) is 0 Å². The van der Waals surface area contributed by atoms with Crippen LogP contribution in [0.1, 0.15) is 17.2 Å². The number of aliphatic hydroxyl groups is 1. The summed E-state index contributed by atoms with van der Waals surface area (Å²) in [4.78, 5) is 4.16. The quantitative estimate of drug-likeness (QED) is 0.353. The van der Waals surface area contributed by atoms with Gasteiger partial charge < -0.3 is 25.2 Å². The summed E-state index contributed by atoms with van der Waals surface area (Å²) in [6.07, 6.45) is 2.77. The molecule has 0 spiro atoms. The first-order valence-electron chi connectivity index (χ1n) is 7.66. The van der Waals surface area contributed by atoms with E-state index in [2.05, 4.69) is 20.7 Å². The molecule has 0 fully saturated rings. The monoisotopic (exact) mass is 459 g/mol. The van der Waals surface area contributed by atoms with Gasteiger partial charge in [0.15, 0.2) is 17.5 Å². The molecule has 0 radical (unpaired) electrons. The molecule has 9 heteroatoms. The van der Waals surface area contributed by atoms with Crippen molar-refractivity contribution in [2.75, 3.05) is 20.4 Å². The minimum absolute atomic E-state index is 0. The fraction of sp³-hybridized carbons (Fsp3) is 0.375. The largest absolute Gasteiger partial charge is 0.454 e. The maximum Gasteiger partial charge on any atom is 0.231 e. The second-order valence-corrected chi connectivity index (χ2v) is 5.42. The summed E-state index contributed by atoms with van der Waals surface area (Å²) in [7, 11) is 3.50. The molecule has 8 nitrogen and oxygen atoms in total. The van der Waals surface area contributed by atoms with Gasteiger partial charge in [0.2, 0.25) is 6.79 Å². The van der Waals surface area contributed by atoms with E-state index < -0.39 is 6.10 Å². The Kier molecular flexibility index (Phi) is 6.88. The average molecular weight is 459 g/mol. The van der Waals surface area contributed by atoms with Gasteiger partial charge in [0.05, 0.1) is 12.3 Å². The molecule has 136 valence electrons. The predicted octanol–water partition coefficient (Wildman–Crippen LogP) is 1.17. The zero-order valence-electron chi connectivity index (χ0n) is 14.1. The lowest BCUT2D eigenvalue weighted by Crippen LogP contribution is -2.39. The topological polar surface area (TPSA) is 92.9 Å². The molecule has 1 unspecified atom stereocenters. The van der Waals surface area contributed by atoms with Gasteiger partial charge in [0.25, 0.3) is 0 Å². The molecule has 0 saturated heterocycles. The first-order chi connectivity index (χ1) is 11.7. The van der Waals surface area contributed by atoms with E-state index in [1.165, 1.54) is 0 Å². The number of aliphatic imine (C=N–C) groups is 1. The lowest BCUT2D eigenvalue weighted by molar-refractivity contribution is 0.173. The van der Waals surface area contributed by atoms with Crippen LogP contribution in [0.2, 0.25) is 0 Å². The minimum Gasteiger partial charge on any atom is -0.454 e. The van der Waals surface area contributed by atoms with Crippen molar-refractivity contribution in [3.05, 3.63) is 41.7 Å². The van der Waals surface area contributed by atoms with Crippen molar-refractivity contribution in [1.29, 1.82) is 0 Å². The fourth-order valence-electron chi connectivity index (χ4n) is 2.45. The highest BCUT2D eigenvalue weighted by Gasteiger charge is 2.17. The summed E-state index contributed by atoms with van der Waals surface area (Å²) in [6, 6.07) is 5.77. The summed E-state index contributed by atoms with van der Waals surface area (Å²) in [5.74, 6) is 2.11. The third-order valence-electron chi connectivity index (χ3n) is 3.72. The zero-order chi connectivity index (χ0) is 16.9. The lowest BCUT2D eigenvalue weighted by Gasteiger charge is -2.15. The van der Waals surface area contributed by atoms with Crippen LogP contribution in [0.4, 0.5) is 0 Å². The SMILES string of the molecule is CN=C(NCc1cccc2c1OCO2)NCC(O)c1cnn(C)c1.I. The average Bonchev–Trinajstić information content (AvgIpc) is 3.23. The molecule has 25 heavy (non-hydrogen) atoms. The van der Waals surface area contributed by atoms with Crippen molar-refractivity contribution in [2.45, 2.75) is 12.6 Å². The van der Waals surface area contributed by atoms with Gasteiger partial charge in [0.1, 0.15) is 0 Å². The van der Waals surface area contributed by atoms with Gasteiger partial charge in [-0.3, -0.25) is 9.67 Å². The van der Waals surface area contributed by atoms with Crippen LogP contribution in [0.5, 0.6) is 11.5 Å². The van der Waals surface area contributed by atoms with E-state index in [-0.39, 0.29) is 30.8 Å². The Morgan fingerprint density at radius 2 is 2.24 bits per heavy atom. The smallest absolute Gasteiger partial charge is 0.231 e. The second kappa shape index (κ2) is 8.90. The van der Waals surface area contributed by atoms with Crippen molar-refractivity contribution in [3.63, 3.8) is 0 Å². The second-order valence-electron chi connectivity index (χ2n) is 5.42. The molecule has 1 aromatic heterocycles. The van der Waals surface area contributed by atoms with E-state index in [1.54, 1.807) is 24.1 Å². The highest BCUT2D eigenvalue weighted by atomic mass is 127. The number of rotatable bonds is 5. The van der Waals surface area contributed by atoms with Crippen LogP contribution >= 0.6 is 24.0 Å². The number of aryl methyl sites for hydroxylation is 1. The van der Waals surface area contributed by atoms with Crippen molar-refractivity contribution >= 4 is 29.9 Å². The highest BCUT2D eigenvalue weighted by Crippen LogP contribution is 2.35. The first-order valence-corrected chi connectivity index (χ1v) is 7.66. The van der Waals surface area contributed by atoms with Crippen LogP contribution in [0.3, 0.4) is 0 Å². The highest BCUT2D eigenvalue weighted by molar-refractivity contribution is 14.0. The number of halogens is 1. The summed E-state index contributed by atoms with van der Waals surface area (Å²) < 4.78 is 12.5. The molecule has 2 heterocycles. The Morgan fingerprint density at radius 3 is 2.96 bits per heavy atom. The maximum atomic E-state index is 10.2. The van der Waals surface area contributed by atoms with Gasteiger partial charge in [-0.05, 0) is 6.07 Å². The number of nitrogens with one attached hydrogen (secondary N) is 2. The number of aliphatic hydroxyl groups excluding tert-OH is 1. The van der Waals surface area contributed by atoms with Gasteiger partial charge >= 0.3 is 0 Å². The number of fused-ring (bicyclic) bond motifs is 1. The predicted molar refractivity (Wildman–Crippen MR) is 104 cm³/mol. The normalized spacial score (nSPS) is 14.0. The van der Waals surface area contributed by atoms with Crippen LogP contribution in [-0.4, -0.2) is 41.2 Å². The van der Waals surface area contributed by atoms with Crippen LogP contribution in [-0.2, 0) is 13.6 Å². The molecule has 0 aliphatic carbocycles. The molecule has 0 saturated carbocycles. The molecule has 1 atom stereocenters. The van der Waals surface area contributed by atoms with Crippen LogP contribution in [0.25, 0.3) is 0 Å². The van der Waals surface area contributed by atoms with Crippen LogP contribution < -0.4 is 20.1 Å². The van der Waals surface area contributed by atoms with Crippen molar-refractivity contribution in [2.24, 2.45) is 12.0 Å². The minimum atomic E-state index is -0.657. The Hall–Kier alpha value is -2.01. The van der Waals surface area contributed by atoms with E-state index in [0.717, 1.165) is 22.6 Å². The zero-order valence-corrected chi connectivity index (χ0v) is 16.4. The Labute approximate surface area is 163 Å². The van der Waals surface area contributed by atoms with Crippen molar-refractivity contribution in [1.82, 2.24) is 20.4 Å². The number of guanidine groups is 1. The van der Waals surface area contributed by atoms with Gasteiger partial charge in [-0.15, -0.1) is 24.0 Å². The Balaban J connectivity index is 0.00000225.